The summed E-state index contributed by atoms with van der Waals surface area (Å²) in [6.45, 7) is 2.29. The summed E-state index contributed by atoms with van der Waals surface area (Å²) in [6, 6.07) is 9.61. The number of carboxylic acids is 1. The molecule has 2 unspecified atom stereocenters. The molecule has 0 spiro atoms. The second kappa shape index (κ2) is 9.17. The highest BCUT2D eigenvalue weighted by atomic mass is 35.5. The maximum atomic E-state index is 13.5. The fraction of sp³-hybridized carbons (Fsp3) is 0.556. The number of nitrogens with zero attached hydrogens (tertiary/aromatic N) is 1. The zero-order valence-electron chi connectivity index (χ0n) is 19.1. The first kappa shape index (κ1) is 22.5. The second-order valence-corrected chi connectivity index (χ2v) is 10.6. The van der Waals surface area contributed by atoms with Crippen molar-refractivity contribution in [1.29, 1.82) is 0 Å². The van der Waals surface area contributed by atoms with Gasteiger partial charge in [0.05, 0.1) is 17.0 Å². The van der Waals surface area contributed by atoms with Gasteiger partial charge in [0, 0.05) is 23.0 Å². The third kappa shape index (κ3) is 4.44. The predicted octanol–water partition coefficient (Wildman–Crippen LogP) is 6.31. The maximum Gasteiger partial charge on any atom is 0.306 e. The molecule has 1 saturated carbocycles. The lowest BCUT2D eigenvalue weighted by Crippen LogP contribution is -2.55. The summed E-state index contributed by atoms with van der Waals surface area (Å²) in [4.78, 5) is 27.0. The van der Waals surface area contributed by atoms with Crippen LogP contribution in [0.5, 0.6) is 5.75 Å². The molecule has 2 aliphatic heterocycles. The van der Waals surface area contributed by atoms with Gasteiger partial charge in [0.15, 0.2) is 0 Å². The van der Waals surface area contributed by atoms with Gasteiger partial charge in [0.1, 0.15) is 5.75 Å². The van der Waals surface area contributed by atoms with Gasteiger partial charge in [-0.15, -0.1) is 0 Å². The molecule has 0 aromatic heterocycles. The Hall–Kier alpha value is -2.27. The number of fused-ring (bicyclic) bond motifs is 3. The number of hydrogen-bond acceptors (Lipinski definition) is 3. The van der Waals surface area contributed by atoms with E-state index in [1.54, 1.807) is 0 Å². The van der Waals surface area contributed by atoms with Gasteiger partial charge >= 0.3 is 5.97 Å². The molecule has 3 aliphatic rings. The Kier molecular flexibility index (Phi) is 6.26. The van der Waals surface area contributed by atoms with Gasteiger partial charge in [0.25, 0.3) is 5.91 Å². The van der Waals surface area contributed by atoms with E-state index in [4.69, 9.17) is 16.3 Å². The summed E-state index contributed by atoms with van der Waals surface area (Å²) in [5, 5.41) is 11.9. The molecule has 0 radical (unpaired) electrons. The molecule has 2 bridgehead atoms. The largest absolute Gasteiger partial charge is 0.489 e. The van der Waals surface area contributed by atoms with Gasteiger partial charge in [-0.1, -0.05) is 30.7 Å². The molecule has 1 aliphatic carbocycles. The van der Waals surface area contributed by atoms with Crippen LogP contribution in [0.1, 0.15) is 75.1 Å². The van der Waals surface area contributed by atoms with Crippen molar-refractivity contribution in [3.8, 4) is 5.75 Å². The summed E-state index contributed by atoms with van der Waals surface area (Å²) in [6.07, 6.45) is 8.63. The minimum Gasteiger partial charge on any atom is -0.489 e. The van der Waals surface area contributed by atoms with Crippen molar-refractivity contribution in [2.24, 2.45) is 11.8 Å². The van der Waals surface area contributed by atoms with Gasteiger partial charge in [-0.2, -0.15) is 0 Å². The molecule has 176 valence electrons. The molecule has 33 heavy (non-hydrogen) atoms. The normalized spacial score (nSPS) is 29.6. The van der Waals surface area contributed by atoms with E-state index in [0.29, 0.717) is 29.2 Å². The van der Waals surface area contributed by atoms with Crippen LogP contribution >= 0.6 is 11.6 Å². The van der Waals surface area contributed by atoms with E-state index in [0.717, 1.165) is 48.8 Å². The SMILES string of the molecule is C[C@H]1CC[C@@H](Oc2ccc3cc(C(=O)N4C5CCCC4CC(C(=O)O)C5)ccc3c2Cl)CC1. The third-order valence-corrected chi connectivity index (χ3v) is 8.37. The van der Waals surface area contributed by atoms with Crippen molar-refractivity contribution < 1.29 is 19.4 Å². The standard InChI is InChI=1S/C27H32ClNO4/c1-16-5-9-22(10-6-16)33-24-12-8-17-13-18(7-11-23(17)25(24)28)26(30)29-20-3-2-4-21(29)15-19(14-20)27(31)32/h7-8,11-13,16,19-22H,2-6,9-10,14-15H2,1H3,(H,31,32)/t16-,19?,20?,21?,22+. The fourth-order valence-electron chi connectivity index (χ4n) is 6.09. The van der Waals surface area contributed by atoms with Gasteiger partial charge in [0.2, 0.25) is 0 Å². The first-order chi connectivity index (χ1) is 15.9. The van der Waals surface area contributed by atoms with E-state index < -0.39 is 5.97 Å². The molecule has 3 fully saturated rings. The Labute approximate surface area is 200 Å². The smallest absolute Gasteiger partial charge is 0.306 e. The fourth-order valence-corrected chi connectivity index (χ4v) is 6.37. The van der Waals surface area contributed by atoms with Crippen molar-refractivity contribution >= 4 is 34.2 Å². The lowest BCUT2D eigenvalue weighted by Gasteiger charge is -2.48. The van der Waals surface area contributed by atoms with E-state index in [-0.39, 0.29) is 30.0 Å². The minimum atomic E-state index is -0.736. The van der Waals surface area contributed by atoms with Crippen molar-refractivity contribution in [2.75, 3.05) is 0 Å². The Bertz CT molecular complexity index is 1050. The molecule has 6 heteroatoms. The van der Waals surface area contributed by atoms with Crippen molar-refractivity contribution in [3.63, 3.8) is 0 Å². The van der Waals surface area contributed by atoms with Crippen LogP contribution in [0.25, 0.3) is 10.8 Å². The molecule has 2 aromatic carbocycles. The van der Waals surface area contributed by atoms with Crippen LogP contribution in [0.15, 0.2) is 30.3 Å². The highest BCUT2D eigenvalue weighted by Gasteiger charge is 2.43. The number of carboxylic acid groups (broad SMARTS) is 1. The van der Waals surface area contributed by atoms with Crippen LogP contribution in [-0.4, -0.2) is 40.1 Å². The molecular weight excluding hydrogens is 438 g/mol. The van der Waals surface area contributed by atoms with Gasteiger partial charge in [-0.3, -0.25) is 9.59 Å². The number of carbonyl (C=O) groups excluding carboxylic acids is 1. The van der Waals surface area contributed by atoms with E-state index in [2.05, 4.69) is 6.92 Å². The molecule has 2 aromatic rings. The average molecular weight is 470 g/mol. The first-order valence-electron chi connectivity index (χ1n) is 12.3. The van der Waals surface area contributed by atoms with Crippen molar-refractivity contribution in [1.82, 2.24) is 4.90 Å². The lowest BCUT2D eigenvalue weighted by atomic mass is 9.78. The highest BCUT2D eigenvalue weighted by molar-refractivity contribution is 6.37. The average Bonchev–Trinajstić information content (AvgIpc) is 2.80. The van der Waals surface area contributed by atoms with Crippen LogP contribution < -0.4 is 4.74 Å². The second-order valence-electron chi connectivity index (χ2n) is 10.3. The topological polar surface area (TPSA) is 66.8 Å². The number of carbonyl (C=O) groups is 2. The first-order valence-corrected chi connectivity index (χ1v) is 12.7. The minimum absolute atomic E-state index is 0.00298. The number of aliphatic carboxylic acids is 1. The zero-order valence-corrected chi connectivity index (χ0v) is 19.9. The summed E-state index contributed by atoms with van der Waals surface area (Å²) in [5.74, 6) is 0.407. The Morgan fingerprint density at radius 1 is 1.00 bits per heavy atom. The summed E-state index contributed by atoms with van der Waals surface area (Å²) in [5.41, 5.74) is 0.638. The molecule has 1 amide bonds. The molecule has 2 heterocycles. The van der Waals surface area contributed by atoms with Crippen LogP contribution in [-0.2, 0) is 4.79 Å². The van der Waals surface area contributed by atoms with Crippen LogP contribution in [0.4, 0.5) is 0 Å². The maximum absolute atomic E-state index is 13.5. The van der Waals surface area contributed by atoms with Gasteiger partial charge < -0.3 is 14.7 Å². The monoisotopic (exact) mass is 469 g/mol. The molecule has 5 nitrogen and oxygen atoms in total. The molecular formula is C27H32ClNO4. The summed E-state index contributed by atoms with van der Waals surface area (Å²) in [7, 11) is 0. The van der Waals surface area contributed by atoms with E-state index in [1.165, 1.54) is 12.8 Å². The molecule has 2 saturated heterocycles. The van der Waals surface area contributed by atoms with E-state index in [1.807, 2.05) is 35.2 Å². The number of ether oxygens (including phenoxy) is 1. The Balaban J connectivity index is 1.36. The van der Waals surface area contributed by atoms with Crippen molar-refractivity contribution in [2.45, 2.75) is 82.9 Å². The van der Waals surface area contributed by atoms with Crippen molar-refractivity contribution in [3.05, 3.63) is 40.9 Å². The number of piperidine rings is 2. The summed E-state index contributed by atoms with van der Waals surface area (Å²) >= 11 is 6.72. The van der Waals surface area contributed by atoms with Gasteiger partial charge in [-0.05, 0) is 87.3 Å². The quantitative estimate of drug-likeness (QED) is 0.569. The third-order valence-electron chi connectivity index (χ3n) is 7.98. The van der Waals surface area contributed by atoms with Crippen LogP contribution in [0, 0.1) is 11.8 Å². The summed E-state index contributed by atoms with van der Waals surface area (Å²) < 4.78 is 6.24. The molecule has 2 atom stereocenters. The predicted molar refractivity (Wildman–Crippen MR) is 129 cm³/mol. The van der Waals surface area contributed by atoms with Crippen LogP contribution in [0.2, 0.25) is 5.02 Å². The van der Waals surface area contributed by atoms with Gasteiger partial charge in [-0.25, -0.2) is 0 Å². The number of benzene rings is 2. The Morgan fingerprint density at radius 3 is 2.36 bits per heavy atom. The van der Waals surface area contributed by atoms with E-state index >= 15 is 0 Å². The van der Waals surface area contributed by atoms with Crippen LogP contribution in [0.3, 0.4) is 0 Å². The number of amides is 1. The number of rotatable bonds is 4. The highest BCUT2D eigenvalue weighted by Crippen LogP contribution is 2.39. The lowest BCUT2D eigenvalue weighted by molar-refractivity contribution is -0.145. The number of hydrogen-bond donors (Lipinski definition) is 1. The molecule has 5 rings (SSSR count). The number of halogens is 1. The Morgan fingerprint density at radius 2 is 1.70 bits per heavy atom. The van der Waals surface area contributed by atoms with E-state index in [9.17, 15) is 14.7 Å². The molecule has 1 N–H and O–H groups in total. The zero-order chi connectivity index (χ0) is 23.1.